The molecule has 0 aliphatic heterocycles. The van der Waals surface area contributed by atoms with Crippen molar-refractivity contribution in [2.75, 3.05) is 25.3 Å². The highest BCUT2D eigenvalue weighted by Crippen LogP contribution is 2.39. The molecule has 0 spiro atoms. The zero-order valence-electron chi connectivity index (χ0n) is 18.2. The van der Waals surface area contributed by atoms with Crippen LogP contribution in [0.25, 0.3) is 11.0 Å². The summed E-state index contributed by atoms with van der Waals surface area (Å²) in [7, 11) is 6.04. The molecule has 168 valence electrons. The number of methoxy groups -OCH3 is 2. The molecule has 1 fully saturated rings. The molecule has 2 aromatic heterocycles. The molecule has 2 heterocycles. The van der Waals surface area contributed by atoms with Gasteiger partial charge in [-0.05, 0) is 25.0 Å². The van der Waals surface area contributed by atoms with Crippen LogP contribution in [0, 0.1) is 0 Å². The Hall–Kier alpha value is -3.34. The quantitative estimate of drug-likeness (QED) is 0.420. The second-order valence-electron chi connectivity index (χ2n) is 7.47. The first-order chi connectivity index (χ1) is 15.3. The van der Waals surface area contributed by atoms with Crippen molar-refractivity contribution in [3.8, 4) is 11.5 Å². The fraction of sp³-hybridized carbons (Fsp3) is 0.381. The summed E-state index contributed by atoms with van der Waals surface area (Å²) in [4.78, 5) is 46.8. The second-order valence-corrected chi connectivity index (χ2v) is 8.44. The number of aryl methyl sites for hydroxylation is 1. The van der Waals surface area contributed by atoms with E-state index in [2.05, 4.69) is 15.3 Å². The van der Waals surface area contributed by atoms with Crippen molar-refractivity contribution >= 4 is 34.4 Å². The Morgan fingerprint density at radius 2 is 1.84 bits per heavy atom. The number of anilines is 1. The van der Waals surface area contributed by atoms with Gasteiger partial charge in [0.1, 0.15) is 16.2 Å². The summed E-state index contributed by atoms with van der Waals surface area (Å²) in [5, 5.41) is 3.44. The van der Waals surface area contributed by atoms with Crippen LogP contribution in [-0.2, 0) is 18.9 Å². The summed E-state index contributed by atoms with van der Waals surface area (Å²) < 4.78 is 12.8. The standard InChI is InChI=1S/C21H23N5O5S/c1-25-18-16(20(28)26(2)21(25)29)19(24-17(23-18)11-5-6-11)32-10-15(27)22-12-7-8-13(30-3)14(9-12)31-4/h7-9,11H,5-6,10H2,1-4H3,(H,22,27). The number of ether oxygens (including phenoxy) is 2. The number of rotatable bonds is 7. The SMILES string of the molecule is COc1ccc(NC(=O)CSc2nc(C3CC3)nc3c2c(=O)n(C)c(=O)n3C)cc1OC. The zero-order valence-corrected chi connectivity index (χ0v) is 19.0. The van der Waals surface area contributed by atoms with Crippen molar-refractivity contribution in [2.45, 2.75) is 23.8 Å². The van der Waals surface area contributed by atoms with Gasteiger partial charge in [0.2, 0.25) is 5.91 Å². The number of carbonyl (C=O) groups excluding carboxylic acids is 1. The summed E-state index contributed by atoms with van der Waals surface area (Å²) in [6.45, 7) is 0. The number of hydrogen-bond acceptors (Lipinski definition) is 8. The molecule has 0 atom stereocenters. The maximum atomic E-state index is 12.8. The minimum Gasteiger partial charge on any atom is -0.493 e. The Bertz CT molecular complexity index is 1330. The van der Waals surface area contributed by atoms with Crippen LogP contribution in [-0.4, -0.2) is 45.0 Å². The average molecular weight is 458 g/mol. The van der Waals surface area contributed by atoms with Crippen LogP contribution in [0.1, 0.15) is 24.6 Å². The molecule has 1 aliphatic carbocycles. The Labute approximate surface area is 187 Å². The Kier molecular flexibility index (Phi) is 5.92. The maximum absolute atomic E-state index is 12.8. The van der Waals surface area contributed by atoms with E-state index >= 15 is 0 Å². The van der Waals surface area contributed by atoms with Gasteiger partial charge in [0, 0.05) is 31.8 Å². The molecule has 0 radical (unpaired) electrons. The number of benzene rings is 1. The fourth-order valence-corrected chi connectivity index (χ4v) is 4.14. The molecule has 1 saturated carbocycles. The molecule has 1 aliphatic rings. The molecule has 0 unspecified atom stereocenters. The first-order valence-electron chi connectivity index (χ1n) is 9.96. The van der Waals surface area contributed by atoms with Crippen LogP contribution in [0.4, 0.5) is 5.69 Å². The van der Waals surface area contributed by atoms with Gasteiger partial charge in [-0.1, -0.05) is 11.8 Å². The third-order valence-electron chi connectivity index (χ3n) is 5.23. The van der Waals surface area contributed by atoms with Crippen molar-refractivity contribution in [1.82, 2.24) is 19.1 Å². The molecule has 11 heteroatoms. The van der Waals surface area contributed by atoms with Crippen molar-refractivity contribution in [3.05, 3.63) is 44.9 Å². The number of carbonyl (C=O) groups is 1. The molecule has 1 N–H and O–H groups in total. The van der Waals surface area contributed by atoms with Crippen molar-refractivity contribution < 1.29 is 14.3 Å². The number of nitrogens with one attached hydrogen (secondary N) is 1. The van der Waals surface area contributed by atoms with Gasteiger partial charge in [0.25, 0.3) is 5.56 Å². The van der Waals surface area contributed by atoms with Gasteiger partial charge >= 0.3 is 5.69 Å². The maximum Gasteiger partial charge on any atom is 0.332 e. The number of fused-ring (bicyclic) bond motifs is 1. The number of amides is 1. The Balaban J connectivity index is 1.62. The molecule has 32 heavy (non-hydrogen) atoms. The van der Waals surface area contributed by atoms with Crippen molar-refractivity contribution in [1.29, 1.82) is 0 Å². The van der Waals surface area contributed by atoms with Gasteiger partial charge in [-0.25, -0.2) is 14.8 Å². The summed E-state index contributed by atoms with van der Waals surface area (Å²) in [6.07, 6.45) is 1.93. The first-order valence-corrected chi connectivity index (χ1v) is 10.9. The van der Waals surface area contributed by atoms with Gasteiger partial charge < -0.3 is 14.8 Å². The molecular formula is C21H23N5O5S. The molecular weight excluding hydrogens is 434 g/mol. The van der Waals surface area contributed by atoms with E-state index in [1.807, 2.05) is 0 Å². The molecule has 10 nitrogen and oxygen atoms in total. The smallest absolute Gasteiger partial charge is 0.332 e. The molecule has 4 rings (SSSR count). The lowest BCUT2D eigenvalue weighted by Gasteiger charge is -2.12. The number of hydrogen-bond donors (Lipinski definition) is 1. The fourth-order valence-electron chi connectivity index (χ4n) is 3.32. The van der Waals surface area contributed by atoms with Gasteiger partial charge in [-0.3, -0.25) is 18.7 Å². The Morgan fingerprint density at radius 3 is 2.50 bits per heavy atom. The van der Waals surface area contributed by atoms with E-state index in [1.165, 1.54) is 25.8 Å². The monoisotopic (exact) mass is 457 g/mol. The van der Waals surface area contributed by atoms with Crippen LogP contribution in [0.2, 0.25) is 0 Å². The lowest BCUT2D eigenvalue weighted by atomic mass is 10.2. The summed E-state index contributed by atoms with van der Waals surface area (Å²) in [5.74, 6) is 1.63. The zero-order chi connectivity index (χ0) is 23.0. The summed E-state index contributed by atoms with van der Waals surface area (Å²) in [6, 6.07) is 5.07. The van der Waals surface area contributed by atoms with Crippen molar-refractivity contribution in [2.24, 2.45) is 14.1 Å². The van der Waals surface area contributed by atoms with E-state index in [0.29, 0.717) is 28.0 Å². The third-order valence-corrected chi connectivity index (χ3v) is 6.21. The van der Waals surface area contributed by atoms with E-state index in [-0.39, 0.29) is 28.6 Å². The van der Waals surface area contributed by atoms with Crippen LogP contribution in [0.5, 0.6) is 11.5 Å². The molecule has 1 amide bonds. The van der Waals surface area contributed by atoms with Crippen molar-refractivity contribution in [3.63, 3.8) is 0 Å². The summed E-state index contributed by atoms with van der Waals surface area (Å²) in [5.41, 5.74) is -0.0890. The first kappa shape index (κ1) is 21.9. The van der Waals surface area contributed by atoms with E-state index in [4.69, 9.17) is 9.47 Å². The van der Waals surface area contributed by atoms with Crippen LogP contribution >= 0.6 is 11.8 Å². The highest BCUT2D eigenvalue weighted by atomic mass is 32.2. The number of thioether (sulfide) groups is 1. The van der Waals surface area contributed by atoms with Crippen LogP contribution < -0.4 is 26.0 Å². The third kappa shape index (κ3) is 4.07. The predicted octanol–water partition coefficient (Wildman–Crippen LogP) is 1.65. The molecule has 0 saturated heterocycles. The molecule has 0 bridgehead atoms. The van der Waals surface area contributed by atoms with E-state index < -0.39 is 11.2 Å². The minimum atomic E-state index is -0.478. The van der Waals surface area contributed by atoms with Crippen LogP contribution in [0.15, 0.2) is 32.8 Å². The molecule has 1 aromatic carbocycles. The number of aromatic nitrogens is 4. The van der Waals surface area contributed by atoms with Gasteiger partial charge in [-0.15, -0.1) is 0 Å². The second kappa shape index (κ2) is 8.65. The van der Waals surface area contributed by atoms with E-state index in [1.54, 1.807) is 25.2 Å². The number of nitrogens with zero attached hydrogens (tertiary/aromatic N) is 4. The molecule has 3 aromatic rings. The van der Waals surface area contributed by atoms with Gasteiger partial charge in [-0.2, -0.15) is 0 Å². The van der Waals surface area contributed by atoms with E-state index in [0.717, 1.165) is 29.2 Å². The van der Waals surface area contributed by atoms with Gasteiger partial charge in [0.05, 0.1) is 20.0 Å². The van der Waals surface area contributed by atoms with E-state index in [9.17, 15) is 14.4 Å². The summed E-state index contributed by atoms with van der Waals surface area (Å²) >= 11 is 1.14. The largest absolute Gasteiger partial charge is 0.493 e. The normalized spacial score (nSPS) is 13.2. The van der Waals surface area contributed by atoms with Gasteiger partial charge in [0.15, 0.2) is 17.1 Å². The Morgan fingerprint density at radius 1 is 1.12 bits per heavy atom. The lowest BCUT2D eigenvalue weighted by Crippen LogP contribution is -2.37. The minimum absolute atomic E-state index is 0.0244. The average Bonchev–Trinajstić information content (AvgIpc) is 3.64. The highest BCUT2D eigenvalue weighted by molar-refractivity contribution is 8.00. The lowest BCUT2D eigenvalue weighted by molar-refractivity contribution is -0.113. The highest BCUT2D eigenvalue weighted by Gasteiger charge is 2.29. The topological polar surface area (TPSA) is 117 Å². The van der Waals surface area contributed by atoms with Crippen LogP contribution in [0.3, 0.4) is 0 Å². The predicted molar refractivity (Wildman–Crippen MR) is 121 cm³/mol.